The maximum Gasteiger partial charge on any atom is 0.305 e. The van der Waals surface area contributed by atoms with E-state index in [4.69, 9.17) is 0 Å². The number of aliphatic hydroxyl groups is 3. The Labute approximate surface area is 175 Å². The fourth-order valence-electron chi connectivity index (χ4n) is 4.57. The Morgan fingerprint density at radius 3 is 2.66 bits per heavy atom. The highest BCUT2D eigenvalue weighted by atomic mass is 16.5. The lowest BCUT2D eigenvalue weighted by Crippen LogP contribution is -2.21. The minimum absolute atomic E-state index is 0.125. The summed E-state index contributed by atoms with van der Waals surface area (Å²) in [6.45, 7) is 0. The van der Waals surface area contributed by atoms with E-state index in [0.29, 0.717) is 25.7 Å². The molecule has 0 aromatic heterocycles. The van der Waals surface area contributed by atoms with Gasteiger partial charge in [0.15, 0.2) is 0 Å². The number of rotatable bonds is 9. The number of hydrogen-bond donors (Lipinski definition) is 3. The van der Waals surface area contributed by atoms with Gasteiger partial charge in [0.2, 0.25) is 0 Å². The van der Waals surface area contributed by atoms with Crippen LogP contribution < -0.4 is 0 Å². The van der Waals surface area contributed by atoms with Crippen LogP contribution in [-0.2, 0) is 9.53 Å². The zero-order valence-electron chi connectivity index (χ0n) is 17.8. The van der Waals surface area contributed by atoms with Crippen molar-refractivity contribution in [2.24, 2.45) is 17.8 Å². The Balaban J connectivity index is 1.78. The first-order valence-electron chi connectivity index (χ1n) is 11.3. The molecule has 0 spiro atoms. The van der Waals surface area contributed by atoms with E-state index < -0.39 is 18.3 Å². The molecule has 0 aliphatic heterocycles. The molecule has 0 bridgehead atoms. The van der Waals surface area contributed by atoms with Crippen LogP contribution in [-0.4, -0.2) is 46.7 Å². The molecule has 2 aliphatic carbocycles. The largest absolute Gasteiger partial charge is 0.469 e. The number of allylic oxidation sites excluding steroid dienone is 2. The van der Waals surface area contributed by atoms with Crippen molar-refractivity contribution < 1.29 is 24.9 Å². The number of methoxy groups -OCH3 is 1. The summed E-state index contributed by atoms with van der Waals surface area (Å²) in [6.07, 6.45) is 13.2. The van der Waals surface area contributed by atoms with Gasteiger partial charge in [0, 0.05) is 18.8 Å². The summed E-state index contributed by atoms with van der Waals surface area (Å²) in [7, 11) is 1.39. The van der Waals surface area contributed by atoms with Crippen molar-refractivity contribution in [2.45, 2.75) is 95.4 Å². The van der Waals surface area contributed by atoms with Gasteiger partial charge in [-0.15, -0.1) is 0 Å². The van der Waals surface area contributed by atoms with Gasteiger partial charge in [-0.3, -0.25) is 4.79 Å². The fraction of sp³-hybridized carbons (Fsp3) is 0.792. The van der Waals surface area contributed by atoms with E-state index in [1.165, 1.54) is 39.2 Å². The zero-order valence-corrected chi connectivity index (χ0v) is 17.8. The highest BCUT2D eigenvalue weighted by molar-refractivity contribution is 5.69. The fourth-order valence-corrected chi connectivity index (χ4v) is 4.57. The maximum atomic E-state index is 11.1. The molecule has 0 heterocycles. The number of hydrogen-bond acceptors (Lipinski definition) is 5. The molecule has 5 nitrogen and oxygen atoms in total. The molecule has 0 unspecified atom stereocenters. The summed E-state index contributed by atoms with van der Waals surface area (Å²) in [4.78, 5) is 11.1. The number of unbranched alkanes of at least 4 members (excludes halogenated alkanes) is 1. The van der Waals surface area contributed by atoms with Crippen molar-refractivity contribution in [1.82, 2.24) is 0 Å². The average Bonchev–Trinajstić information content (AvgIpc) is 3.00. The SMILES string of the molecule is COC(=O)CCCC=CC[C@@H]1[C@@H](C#C[C@@H](O)CCC2CCCCC2)[C@H](O)C[C@@H]1O. The maximum absolute atomic E-state index is 11.1. The van der Waals surface area contributed by atoms with Crippen LogP contribution in [0.15, 0.2) is 12.2 Å². The molecule has 0 aromatic rings. The molecule has 5 atom stereocenters. The molecule has 0 amide bonds. The Morgan fingerprint density at radius 1 is 1.17 bits per heavy atom. The van der Waals surface area contributed by atoms with Crippen LogP contribution in [0.25, 0.3) is 0 Å². The second-order valence-electron chi connectivity index (χ2n) is 8.62. The van der Waals surface area contributed by atoms with Crippen LogP contribution in [0, 0.1) is 29.6 Å². The van der Waals surface area contributed by atoms with Gasteiger partial charge in [-0.05, 0) is 38.0 Å². The van der Waals surface area contributed by atoms with Gasteiger partial charge in [-0.2, -0.15) is 0 Å². The van der Waals surface area contributed by atoms with Crippen LogP contribution in [0.1, 0.15) is 77.0 Å². The Hall–Kier alpha value is -1.35. The van der Waals surface area contributed by atoms with E-state index in [9.17, 15) is 20.1 Å². The predicted octanol–water partition coefficient (Wildman–Crippen LogP) is 3.36. The minimum Gasteiger partial charge on any atom is -0.469 e. The molecule has 2 aliphatic rings. The van der Waals surface area contributed by atoms with Crippen molar-refractivity contribution >= 4 is 5.97 Å². The highest BCUT2D eigenvalue weighted by Gasteiger charge is 2.40. The smallest absolute Gasteiger partial charge is 0.305 e. The molecule has 0 radical (unpaired) electrons. The van der Waals surface area contributed by atoms with Gasteiger partial charge >= 0.3 is 5.97 Å². The van der Waals surface area contributed by atoms with Gasteiger partial charge < -0.3 is 20.1 Å². The van der Waals surface area contributed by atoms with E-state index in [1.807, 2.05) is 12.2 Å². The first-order valence-corrected chi connectivity index (χ1v) is 11.3. The zero-order chi connectivity index (χ0) is 21.1. The Bertz CT molecular complexity index is 570. The second kappa shape index (κ2) is 13.1. The second-order valence-corrected chi connectivity index (χ2v) is 8.62. The monoisotopic (exact) mass is 406 g/mol. The van der Waals surface area contributed by atoms with Crippen LogP contribution in [0.4, 0.5) is 0 Å². The van der Waals surface area contributed by atoms with Crippen molar-refractivity contribution in [2.75, 3.05) is 7.11 Å². The third kappa shape index (κ3) is 8.50. The molecule has 3 N–H and O–H groups in total. The van der Waals surface area contributed by atoms with E-state index in [1.54, 1.807) is 0 Å². The van der Waals surface area contributed by atoms with Crippen molar-refractivity contribution in [3.05, 3.63) is 12.2 Å². The van der Waals surface area contributed by atoms with Crippen molar-refractivity contribution in [1.29, 1.82) is 0 Å². The van der Waals surface area contributed by atoms with Crippen LogP contribution >= 0.6 is 0 Å². The Morgan fingerprint density at radius 2 is 1.93 bits per heavy atom. The Kier molecular flexibility index (Phi) is 10.8. The van der Waals surface area contributed by atoms with Crippen LogP contribution in [0.5, 0.6) is 0 Å². The predicted molar refractivity (Wildman–Crippen MR) is 113 cm³/mol. The summed E-state index contributed by atoms with van der Waals surface area (Å²) >= 11 is 0. The molecular formula is C24H38O5. The van der Waals surface area contributed by atoms with Gasteiger partial charge in [-0.25, -0.2) is 0 Å². The standard InChI is InChI=1S/C24H38O5/c1-29-24(28)12-8-3-2-7-11-20-21(23(27)17-22(20)26)16-15-19(25)14-13-18-9-5-4-6-10-18/h2,7,18-23,25-27H,3-6,8-14,17H2,1H3/t19-,20+,21+,22-,23+/m0/s1. The quantitative estimate of drug-likeness (QED) is 0.237. The van der Waals surface area contributed by atoms with Crippen molar-refractivity contribution in [3.8, 4) is 11.8 Å². The van der Waals surface area contributed by atoms with E-state index in [-0.39, 0.29) is 17.8 Å². The van der Waals surface area contributed by atoms with E-state index in [2.05, 4.69) is 16.6 Å². The van der Waals surface area contributed by atoms with Gasteiger partial charge in [0.05, 0.1) is 25.2 Å². The van der Waals surface area contributed by atoms with Gasteiger partial charge in [0.25, 0.3) is 0 Å². The van der Waals surface area contributed by atoms with Crippen LogP contribution in [0.2, 0.25) is 0 Å². The van der Waals surface area contributed by atoms with E-state index >= 15 is 0 Å². The van der Waals surface area contributed by atoms with Gasteiger partial charge in [-0.1, -0.05) is 56.1 Å². The summed E-state index contributed by atoms with van der Waals surface area (Å²) in [6, 6.07) is 0. The average molecular weight is 407 g/mol. The number of ether oxygens (including phenoxy) is 1. The normalized spacial score (nSPS) is 28.8. The molecule has 2 saturated carbocycles. The number of esters is 1. The first kappa shape index (κ1) is 23.9. The number of carbonyl (C=O) groups excluding carboxylic acids is 1. The third-order valence-electron chi connectivity index (χ3n) is 6.40. The summed E-state index contributed by atoms with van der Waals surface area (Å²) in [5.74, 6) is 6.08. The lowest BCUT2D eigenvalue weighted by atomic mass is 9.85. The minimum atomic E-state index is -0.656. The van der Waals surface area contributed by atoms with Crippen LogP contribution in [0.3, 0.4) is 0 Å². The highest BCUT2D eigenvalue weighted by Crippen LogP contribution is 2.35. The van der Waals surface area contributed by atoms with Crippen molar-refractivity contribution in [3.63, 3.8) is 0 Å². The van der Waals surface area contributed by atoms with E-state index in [0.717, 1.165) is 25.2 Å². The molecule has 5 heteroatoms. The summed E-state index contributed by atoms with van der Waals surface area (Å²) in [5, 5.41) is 30.8. The lowest BCUT2D eigenvalue weighted by molar-refractivity contribution is -0.140. The number of carbonyl (C=O) groups is 1. The lowest BCUT2D eigenvalue weighted by Gasteiger charge is -2.21. The molecule has 0 aromatic carbocycles. The summed E-state index contributed by atoms with van der Waals surface area (Å²) < 4.78 is 4.62. The third-order valence-corrected chi connectivity index (χ3v) is 6.40. The molecular weight excluding hydrogens is 368 g/mol. The molecule has 2 rings (SSSR count). The van der Waals surface area contributed by atoms with Gasteiger partial charge in [0.1, 0.15) is 6.10 Å². The molecule has 29 heavy (non-hydrogen) atoms. The molecule has 164 valence electrons. The summed E-state index contributed by atoms with van der Waals surface area (Å²) in [5.41, 5.74) is 0. The topological polar surface area (TPSA) is 87.0 Å². The molecule has 0 saturated heterocycles. The first-order chi connectivity index (χ1) is 14.0. The number of aliphatic hydroxyl groups excluding tert-OH is 3. The molecule has 2 fully saturated rings.